The lowest BCUT2D eigenvalue weighted by molar-refractivity contribution is -0.126. The van der Waals surface area contributed by atoms with E-state index < -0.39 is 0 Å². The number of nitrogens with zero attached hydrogens (tertiary/aromatic N) is 2. The predicted molar refractivity (Wildman–Crippen MR) is 114 cm³/mol. The Balaban J connectivity index is 1.28. The van der Waals surface area contributed by atoms with Crippen LogP contribution >= 0.6 is 15.9 Å². The molecule has 2 heterocycles. The van der Waals surface area contributed by atoms with Crippen molar-refractivity contribution in [1.29, 1.82) is 0 Å². The van der Waals surface area contributed by atoms with E-state index in [2.05, 4.69) is 26.1 Å². The van der Waals surface area contributed by atoms with Crippen molar-refractivity contribution in [2.45, 2.75) is 12.8 Å². The molecular formula is C22H23BrFN3O2. The van der Waals surface area contributed by atoms with Crippen LogP contribution in [0.4, 0.5) is 15.8 Å². The van der Waals surface area contributed by atoms with Crippen LogP contribution < -0.4 is 15.1 Å². The summed E-state index contributed by atoms with van der Waals surface area (Å²) in [4.78, 5) is 28.9. The average molecular weight is 460 g/mol. The van der Waals surface area contributed by atoms with Gasteiger partial charge in [0, 0.05) is 48.4 Å². The van der Waals surface area contributed by atoms with Gasteiger partial charge in [-0.3, -0.25) is 9.59 Å². The smallest absolute Gasteiger partial charge is 0.227 e. The van der Waals surface area contributed by atoms with E-state index >= 15 is 0 Å². The van der Waals surface area contributed by atoms with Crippen LogP contribution in [0.1, 0.15) is 12.8 Å². The third-order valence-corrected chi connectivity index (χ3v) is 6.15. The van der Waals surface area contributed by atoms with Crippen molar-refractivity contribution in [1.82, 2.24) is 5.32 Å². The van der Waals surface area contributed by atoms with Gasteiger partial charge in [-0.15, -0.1) is 0 Å². The molecular weight excluding hydrogens is 437 g/mol. The molecule has 0 saturated carbocycles. The number of carbonyl (C=O) groups excluding carboxylic acids is 2. The van der Waals surface area contributed by atoms with Crippen LogP contribution in [0.15, 0.2) is 53.0 Å². The molecule has 0 aliphatic carbocycles. The van der Waals surface area contributed by atoms with E-state index in [-0.39, 0.29) is 30.0 Å². The summed E-state index contributed by atoms with van der Waals surface area (Å²) in [5, 5.41) is 3.04. The van der Waals surface area contributed by atoms with Crippen LogP contribution in [0.2, 0.25) is 0 Å². The molecule has 2 aliphatic heterocycles. The summed E-state index contributed by atoms with van der Waals surface area (Å²) in [6.45, 7) is 2.73. The van der Waals surface area contributed by atoms with E-state index in [9.17, 15) is 14.0 Å². The quantitative estimate of drug-likeness (QED) is 0.743. The van der Waals surface area contributed by atoms with Crippen molar-refractivity contribution in [2.75, 3.05) is 36.0 Å². The maximum Gasteiger partial charge on any atom is 0.227 e. The normalized spacial score (nSPS) is 21.7. The van der Waals surface area contributed by atoms with E-state index in [1.165, 1.54) is 12.1 Å². The number of halogens is 2. The summed E-state index contributed by atoms with van der Waals surface area (Å²) in [6.07, 6.45) is 1.22. The first-order valence-electron chi connectivity index (χ1n) is 9.84. The summed E-state index contributed by atoms with van der Waals surface area (Å²) in [5.41, 5.74) is 1.82. The zero-order valence-electron chi connectivity index (χ0n) is 16.0. The molecule has 2 fully saturated rings. The molecule has 2 saturated heterocycles. The number of rotatable bonds is 5. The molecule has 0 spiro atoms. The fourth-order valence-electron chi connectivity index (χ4n) is 4.05. The van der Waals surface area contributed by atoms with E-state index in [1.807, 2.05) is 24.3 Å². The van der Waals surface area contributed by atoms with Gasteiger partial charge in [-0.2, -0.15) is 0 Å². The van der Waals surface area contributed by atoms with Crippen LogP contribution in [0.25, 0.3) is 0 Å². The molecule has 0 radical (unpaired) electrons. The van der Waals surface area contributed by atoms with Gasteiger partial charge < -0.3 is 15.1 Å². The van der Waals surface area contributed by atoms with Crippen molar-refractivity contribution >= 4 is 39.1 Å². The van der Waals surface area contributed by atoms with Gasteiger partial charge in [0.2, 0.25) is 11.8 Å². The third-order valence-electron chi connectivity index (χ3n) is 5.66. The number of nitrogens with one attached hydrogen (secondary N) is 1. The van der Waals surface area contributed by atoms with Crippen molar-refractivity contribution in [3.05, 3.63) is 58.8 Å². The summed E-state index contributed by atoms with van der Waals surface area (Å²) in [6, 6.07) is 14.1. The van der Waals surface area contributed by atoms with Gasteiger partial charge in [0.1, 0.15) is 5.82 Å². The Bertz CT molecular complexity index is 905. The van der Waals surface area contributed by atoms with Crippen LogP contribution in [-0.4, -0.2) is 38.0 Å². The second-order valence-electron chi connectivity index (χ2n) is 7.71. The Hall–Kier alpha value is -2.41. The van der Waals surface area contributed by atoms with Gasteiger partial charge in [0.25, 0.3) is 0 Å². The molecule has 152 valence electrons. The predicted octanol–water partition coefficient (Wildman–Crippen LogP) is 3.58. The zero-order valence-corrected chi connectivity index (χ0v) is 17.6. The lowest BCUT2D eigenvalue weighted by Gasteiger charge is -2.19. The van der Waals surface area contributed by atoms with Crippen LogP contribution in [0.5, 0.6) is 0 Å². The van der Waals surface area contributed by atoms with Crippen LogP contribution in [-0.2, 0) is 9.59 Å². The Labute approximate surface area is 178 Å². The Kier molecular flexibility index (Phi) is 5.85. The van der Waals surface area contributed by atoms with E-state index in [4.69, 9.17) is 0 Å². The highest BCUT2D eigenvalue weighted by molar-refractivity contribution is 9.10. The minimum atomic E-state index is -0.323. The van der Waals surface area contributed by atoms with Crippen molar-refractivity contribution in [2.24, 2.45) is 11.8 Å². The van der Waals surface area contributed by atoms with Gasteiger partial charge in [0.15, 0.2) is 0 Å². The third kappa shape index (κ3) is 4.61. The van der Waals surface area contributed by atoms with Gasteiger partial charge in [0.05, 0.1) is 5.92 Å². The molecule has 1 N–H and O–H groups in total. The van der Waals surface area contributed by atoms with Gasteiger partial charge in [-0.25, -0.2) is 4.39 Å². The second-order valence-corrected chi connectivity index (χ2v) is 8.62. The first kappa shape index (κ1) is 19.9. The highest BCUT2D eigenvalue weighted by atomic mass is 79.9. The number of carbonyl (C=O) groups is 2. The summed E-state index contributed by atoms with van der Waals surface area (Å²) in [5.74, 6) is -0.291. The molecule has 7 heteroatoms. The van der Waals surface area contributed by atoms with E-state index in [1.54, 1.807) is 17.0 Å². The molecule has 4 rings (SSSR count). The van der Waals surface area contributed by atoms with Gasteiger partial charge in [-0.1, -0.05) is 22.0 Å². The molecule has 0 unspecified atom stereocenters. The topological polar surface area (TPSA) is 52.7 Å². The number of benzene rings is 2. The second kappa shape index (κ2) is 8.53. The van der Waals surface area contributed by atoms with Gasteiger partial charge >= 0.3 is 0 Å². The highest BCUT2D eigenvalue weighted by Gasteiger charge is 2.35. The molecule has 2 aliphatic rings. The Morgan fingerprint density at radius 3 is 2.69 bits per heavy atom. The van der Waals surface area contributed by atoms with Crippen LogP contribution in [0, 0.1) is 17.7 Å². The van der Waals surface area contributed by atoms with E-state index in [0.29, 0.717) is 19.0 Å². The fourth-order valence-corrected chi connectivity index (χ4v) is 4.44. The van der Waals surface area contributed by atoms with Crippen LogP contribution in [0.3, 0.4) is 0 Å². The largest absolute Gasteiger partial charge is 0.371 e. The maximum absolute atomic E-state index is 13.1. The SMILES string of the molecule is O=C(NC[C@H]1CCN(c2ccc(F)cc2)C1)[C@H]1CC(=O)N(c2cccc(Br)c2)C1. The molecule has 2 amide bonds. The summed E-state index contributed by atoms with van der Waals surface area (Å²) < 4.78 is 14.0. The number of hydrogen-bond acceptors (Lipinski definition) is 3. The summed E-state index contributed by atoms with van der Waals surface area (Å²) in [7, 11) is 0. The molecule has 2 aromatic rings. The number of amides is 2. The Morgan fingerprint density at radius 2 is 1.93 bits per heavy atom. The molecule has 2 atom stereocenters. The Morgan fingerprint density at radius 1 is 1.14 bits per heavy atom. The average Bonchev–Trinajstić information content (AvgIpc) is 3.33. The first-order chi connectivity index (χ1) is 14.0. The zero-order chi connectivity index (χ0) is 20.4. The van der Waals surface area contributed by atoms with Crippen molar-refractivity contribution < 1.29 is 14.0 Å². The van der Waals surface area contributed by atoms with Crippen molar-refractivity contribution in [3.63, 3.8) is 0 Å². The first-order valence-corrected chi connectivity index (χ1v) is 10.6. The minimum Gasteiger partial charge on any atom is -0.371 e. The minimum absolute atomic E-state index is 0.0217. The lowest BCUT2D eigenvalue weighted by atomic mass is 10.1. The number of anilines is 2. The fraction of sp³-hybridized carbons (Fsp3) is 0.364. The van der Waals surface area contributed by atoms with Gasteiger partial charge in [-0.05, 0) is 54.8 Å². The molecule has 29 heavy (non-hydrogen) atoms. The molecule has 0 bridgehead atoms. The summed E-state index contributed by atoms with van der Waals surface area (Å²) >= 11 is 3.42. The standard InChI is InChI=1S/C22H23BrFN3O2/c23-17-2-1-3-20(11-17)27-14-16(10-21(27)28)22(29)25-12-15-8-9-26(13-15)19-6-4-18(24)5-7-19/h1-7,11,15-16H,8-10,12-14H2,(H,25,29)/t15-,16+/m1/s1. The molecule has 2 aromatic carbocycles. The lowest BCUT2D eigenvalue weighted by Crippen LogP contribution is -2.36. The van der Waals surface area contributed by atoms with E-state index in [0.717, 1.165) is 35.4 Å². The highest BCUT2D eigenvalue weighted by Crippen LogP contribution is 2.28. The molecule has 0 aromatic heterocycles. The maximum atomic E-state index is 13.1. The number of hydrogen-bond donors (Lipinski definition) is 1. The van der Waals surface area contributed by atoms with Crippen molar-refractivity contribution in [3.8, 4) is 0 Å². The monoisotopic (exact) mass is 459 g/mol. The molecule has 5 nitrogen and oxygen atoms in total.